The third-order valence-electron chi connectivity index (χ3n) is 1.94. The number of ether oxygens (including phenoxy) is 1. The molecule has 0 saturated carbocycles. The molecule has 1 aromatic carbocycles. The average molecular weight is 185 g/mol. The quantitative estimate of drug-likeness (QED) is 0.657. The first-order valence-electron chi connectivity index (χ1n) is 3.97. The van der Waals surface area contributed by atoms with Crippen LogP contribution in [0.5, 0.6) is 0 Å². The summed E-state index contributed by atoms with van der Waals surface area (Å²) < 4.78 is 5.03. The molecule has 0 fully saturated rings. The van der Waals surface area contributed by atoms with Crippen LogP contribution >= 0.6 is 11.6 Å². The summed E-state index contributed by atoms with van der Waals surface area (Å²) in [5, 5.41) is 0. The van der Waals surface area contributed by atoms with Gasteiger partial charge in [-0.3, -0.25) is 0 Å². The van der Waals surface area contributed by atoms with Crippen molar-refractivity contribution in [1.82, 2.24) is 0 Å². The monoisotopic (exact) mass is 184 g/mol. The lowest BCUT2D eigenvalue weighted by Gasteiger charge is -2.16. The first kappa shape index (κ1) is 9.56. The third-order valence-corrected chi connectivity index (χ3v) is 2.50. The van der Waals surface area contributed by atoms with Gasteiger partial charge in [-0.2, -0.15) is 0 Å². The first-order chi connectivity index (χ1) is 5.75. The zero-order valence-electron chi connectivity index (χ0n) is 7.33. The molecule has 66 valence electrons. The lowest BCUT2D eigenvalue weighted by Crippen LogP contribution is -2.11. The minimum absolute atomic E-state index is 0.234. The summed E-state index contributed by atoms with van der Waals surface area (Å²) in [4.78, 5) is 0. The van der Waals surface area contributed by atoms with E-state index in [0.29, 0.717) is 0 Å². The Balaban J connectivity index is 2.71. The van der Waals surface area contributed by atoms with Gasteiger partial charge in [0, 0.05) is 13.0 Å². The standard InChI is InChI=1S/C10H13ClO/c1-8(10(11)12-2)9-6-4-3-5-7-9/h3-8,10H,1-2H3. The van der Waals surface area contributed by atoms with Crippen LogP contribution in [0.25, 0.3) is 0 Å². The summed E-state index contributed by atoms with van der Waals surface area (Å²) >= 11 is 5.93. The topological polar surface area (TPSA) is 9.23 Å². The van der Waals surface area contributed by atoms with E-state index in [1.165, 1.54) is 5.56 Å². The van der Waals surface area contributed by atoms with Crippen molar-refractivity contribution in [1.29, 1.82) is 0 Å². The van der Waals surface area contributed by atoms with Crippen LogP contribution in [-0.2, 0) is 4.74 Å². The molecule has 0 aliphatic carbocycles. The maximum Gasteiger partial charge on any atom is 0.137 e. The highest BCUT2D eigenvalue weighted by atomic mass is 35.5. The molecule has 0 aliphatic rings. The van der Waals surface area contributed by atoms with Crippen molar-refractivity contribution in [2.24, 2.45) is 0 Å². The molecule has 0 spiro atoms. The summed E-state index contributed by atoms with van der Waals surface area (Å²) in [5.41, 5.74) is 0.965. The Labute approximate surface area is 78.3 Å². The first-order valence-corrected chi connectivity index (χ1v) is 4.41. The second-order valence-corrected chi connectivity index (χ2v) is 3.22. The van der Waals surface area contributed by atoms with Gasteiger partial charge in [0.05, 0.1) is 0 Å². The van der Waals surface area contributed by atoms with E-state index < -0.39 is 0 Å². The Kier molecular flexibility index (Phi) is 3.57. The van der Waals surface area contributed by atoms with Crippen molar-refractivity contribution in [3.8, 4) is 0 Å². The van der Waals surface area contributed by atoms with Gasteiger partial charge in [-0.05, 0) is 5.56 Å². The van der Waals surface area contributed by atoms with E-state index in [4.69, 9.17) is 16.3 Å². The van der Waals surface area contributed by atoms with E-state index in [1.54, 1.807) is 7.11 Å². The maximum atomic E-state index is 5.93. The molecule has 0 aliphatic heterocycles. The van der Waals surface area contributed by atoms with Gasteiger partial charge < -0.3 is 4.74 Å². The van der Waals surface area contributed by atoms with Gasteiger partial charge in [0.15, 0.2) is 0 Å². The summed E-state index contributed by atoms with van der Waals surface area (Å²) in [7, 11) is 1.62. The Morgan fingerprint density at radius 2 is 1.83 bits per heavy atom. The van der Waals surface area contributed by atoms with E-state index in [9.17, 15) is 0 Å². The van der Waals surface area contributed by atoms with Crippen LogP contribution in [0.3, 0.4) is 0 Å². The molecule has 0 heterocycles. The predicted octanol–water partition coefficient (Wildman–Crippen LogP) is 3.00. The smallest absolute Gasteiger partial charge is 0.137 e. The molecule has 1 nitrogen and oxygen atoms in total. The zero-order chi connectivity index (χ0) is 8.97. The van der Waals surface area contributed by atoms with Gasteiger partial charge in [0.25, 0.3) is 0 Å². The zero-order valence-corrected chi connectivity index (χ0v) is 8.08. The van der Waals surface area contributed by atoms with Crippen molar-refractivity contribution in [2.45, 2.75) is 18.4 Å². The van der Waals surface area contributed by atoms with Crippen LogP contribution in [0.1, 0.15) is 18.4 Å². The molecule has 2 heteroatoms. The highest BCUT2D eigenvalue weighted by Crippen LogP contribution is 2.22. The molecular formula is C10H13ClO. The minimum Gasteiger partial charge on any atom is -0.365 e. The number of rotatable bonds is 3. The number of benzene rings is 1. The lowest BCUT2D eigenvalue weighted by molar-refractivity contribution is 0.149. The van der Waals surface area contributed by atoms with E-state index in [2.05, 4.69) is 19.1 Å². The number of methoxy groups -OCH3 is 1. The summed E-state index contributed by atoms with van der Waals surface area (Å²) in [6, 6.07) is 10.1. The molecule has 1 aromatic rings. The van der Waals surface area contributed by atoms with Crippen molar-refractivity contribution < 1.29 is 4.74 Å². The van der Waals surface area contributed by atoms with Crippen LogP contribution in [0.2, 0.25) is 0 Å². The number of alkyl halides is 1. The van der Waals surface area contributed by atoms with Gasteiger partial charge in [-0.25, -0.2) is 0 Å². The number of hydrogen-bond acceptors (Lipinski definition) is 1. The highest BCUT2D eigenvalue weighted by Gasteiger charge is 2.14. The normalized spacial score (nSPS) is 15.6. The van der Waals surface area contributed by atoms with Crippen molar-refractivity contribution in [3.05, 3.63) is 35.9 Å². The fourth-order valence-electron chi connectivity index (χ4n) is 1.11. The van der Waals surface area contributed by atoms with Crippen LogP contribution in [0.15, 0.2) is 30.3 Å². The molecule has 0 amide bonds. The largest absolute Gasteiger partial charge is 0.365 e. The summed E-state index contributed by atoms with van der Waals surface area (Å²) in [6.07, 6.45) is 0. The Bertz CT molecular complexity index is 223. The number of halogens is 1. The van der Waals surface area contributed by atoms with Gasteiger partial charge in [-0.1, -0.05) is 48.9 Å². The van der Waals surface area contributed by atoms with Crippen molar-refractivity contribution >= 4 is 11.6 Å². The van der Waals surface area contributed by atoms with E-state index in [1.807, 2.05) is 18.2 Å². The van der Waals surface area contributed by atoms with E-state index in [-0.39, 0.29) is 11.5 Å². The van der Waals surface area contributed by atoms with E-state index in [0.717, 1.165) is 0 Å². The lowest BCUT2D eigenvalue weighted by atomic mass is 10.0. The van der Waals surface area contributed by atoms with Gasteiger partial charge in [0.2, 0.25) is 0 Å². The average Bonchev–Trinajstić information content (AvgIpc) is 2.17. The highest BCUT2D eigenvalue weighted by molar-refractivity contribution is 6.20. The predicted molar refractivity (Wildman–Crippen MR) is 51.5 cm³/mol. The molecule has 2 unspecified atom stereocenters. The molecule has 0 bridgehead atoms. The minimum atomic E-state index is -0.243. The number of hydrogen-bond donors (Lipinski definition) is 0. The maximum absolute atomic E-state index is 5.93. The molecule has 0 saturated heterocycles. The fraction of sp³-hybridized carbons (Fsp3) is 0.400. The van der Waals surface area contributed by atoms with Crippen LogP contribution in [-0.4, -0.2) is 12.7 Å². The molecule has 2 atom stereocenters. The SMILES string of the molecule is COC(Cl)C(C)c1ccccc1. The Morgan fingerprint density at radius 1 is 1.25 bits per heavy atom. The molecular weight excluding hydrogens is 172 g/mol. The second-order valence-electron chi connectivity index (χ2n) is 2.79. The van der Waals surface area contributed by atoms with Crippen LogP contribution in [0.4, 0.5) is 0 Å². The van der Waals surface area contributed by atoms with Crippen molar-refractivity contribution in [2.75, 3.05) is 7.11 Å². The molecule has 1 rings (SSSR count). The second kappa shape index (κ2) is 4.48. The van der Waals surface area contributed by atoms with Crippen LogP contribution < -0.4 is 0 Å². The van der Waals surface area contributed by atoms with Gasteiger partial charge in [0.1, 0.15) is 5.56 Å². The molecule has 0 radical (unpaired) electrons. The van der Waals surface area contributed by atoms with Gasteiger partial charge >= 0.3 is 0 Å². The summed E-state index contributed by atoms with van der Waals surface area (Å²) in [6.45, 7) is 2.05. The molecule has 0 aromatic heterocycles. The Hall–Kier alpha value is -0.530. The Morgan fingerprint density at radius 3 is 2.33 bits per heavy atom. The van der Waals surface area contributed by atoms with Crippen molar-refractivity contribution in [3.63, 3.8) is 0 Å². The third kappa shape index (κ3) is 2.23. The fourth-order valence-corrected chi connectivity index (χ4v) is 1.26. The van der Waals surface area contributed by atoms with E-state index >= 15 is 0 Å². The summed E-state index contributed by atoms with van der Waals surface area (Å²) in [5.74, 6) is 0.234. The molecule has 0 N–H and O–H groups in total. The van der Waals surface area contributed by atoms with Gasteiger partial charge in [-0.15, -0.1) is 0 Å². The molecule has 12 heavy (non-hydrogen) atoms. The van der Waals surface area contributed by atoms with Crippen LogP contribution in [0, 0.1) is 0 Å².